The first-order chi connectivity index (χ1) is 16.2. The van der Waals surface area contributed by atoms with Gasteiger partial charge in [0, 0.05) is 24.6 Å². The third kappa shape index (κ3) is 5.43. The molecule has 0 unspecified atom stereocenters. The number of hydrogen-bond donors (Lipinski definition) is 1. The normalized spacial score (nSPS) is 11.1. The highest BCUT2D eigenvalue weighted by atomic mass is 35.5. The summed E-state index contributed by atoms with van der Waals surface area (Å²) in [6.07, 6.45) is 0.0638. The minimum Gasteiger partial charge on any atom is -0.493 e. The highest BCUT2D eigenvalue weighted by molar-refractivity contribution is 7.92. The Balaban J connectivity index is 2.17. The molecular weight excluding hydrogens is 483 g/mol. The zero-order valence-electron chi connectivity index (χ0n) is 18.8. The van der Waals surface area contributed by atoms with Gasteiger partial charge in [-0.05, 0) is 47.5 Å². The monoisotopic (exact) mass is 506 g/mol. The van der Waals surface area contributed by atoms with Crippen molar-refractivity contribution >= 4 is 33.2 Å². The van der Waals surface area contributed by atoms with E-state index in [0.717, 1.165) is 4.31 Å². The van der Waals surface area contributed by atoms with Crippen LogP contribution >= 0.6 is 11.6 Å². The Kier molecular flexibility index (Phi) is 8.01. The van der Waals surface area contributed by atoms with Gasteiger partial charge in [-0.15, -0.1) is 0 Å². The Labute approximate surface area is 203 Å². The fourth-order valence-electron chi connectivity index (χ4n) is 3.40. The van der Waals surface area contributed by atoms with Crippen LogP contribution in [-0.4, -0.2) is 42.1 Å². The number of carbonyl (C=O) groups excluding carboxylic acids is 1. The molecule has 0 heterocycles. The van der Waals surface area contributed by atoms with Gasteiger partial charge in [-0.1, -0.05) is 29.8 Å². The van der Waals surface area contributed by atoms with Crippen LogP contribution in [0.1, 0.15) is 11.1 Å². The average Bonchev–Trinajstić information content (AvgIpc) is 2.83. The van der Waals surface area contributed by atoms with Crippen LogP contribution in [0.2, 0.25) is 5.02 Å². The molecule has 0 aromatic heterocycles. The average molecular weight is 507 g/mol. The van der Waals surface area contributed by atoms with E-state index in [2.05, 4.69) is 5.32 Å². The van der Waals surface area contributed by atoms with Gasteiger partial charge in [0.15, 0.2) is 11.5 Å². The van der Waals surface area contributed by atoms with Crippen LogP contribution in [0.4, 0.5) is 10.1 Å². The van der Waals surface area contributed by atoms with Crippen LogP contribution in [0.15, 0.2) is 65.6 Å². The smallest absolute Gasteiger partial charge is 0.264 e. The highest BCUT2D eigenvalue weighted by Crippen LogP contribution is 2.34. The van der Waals surface area contributed by atoms with Crippen LogP contribution in [0.3, 0.4) is 0 Å². The number of sulfonamides is 1. The minimum absolute atomic E-state index is 0.0638. The van der Waals surface area contributed by atoms with Crippen molar-refractivity contribution in [1.82, 2.24) is 5.32 Å². The Hall–Kier alpha value is -3.30. The standard InChI is InChI=1S/C24H24ClFN2O5S/c1-27-24(29)15-28(34(30,31)19-9-11-22(32-2)23(14-19)33-3)21-10-8-18(25)13-17(21)12-16-6-4-5-7-20(16)26/h4-11,13-14H,12,15H2,1-3H3,(H,27,29). The molecule has 10 heteroatoms. The molecule has 1 amide bonds. The molecule has 1 N–H and O–H groups in total. The van der Waals surface area contributed by atoms with Crippen LogP contribution < -0.4 is 19.1 Å². The van der Waals surface area contributed by atoms with Gasteiger partial charge >= 0.3 is 0 Å². The molecule has 0 fully saturated rings. The van der Waals surface area contributed by atoms with E-state index >= 15 is 0 Å². The highest BCUT2D eigenvalue weighted by Gasteiger charge is 2.30. The molecule has 0 aliphatic carbocycles. The summed E-state index contributed by atoms with van der Waals surface area (Å²) in [5.41, 5.74) is 0.992. The molecule has 0 aliphatic heterocycles. The number of rotatable bonds is 9. The predicted octanol–water partition coefficient (Wildman–Crippen LogP) is 4.03. The fraction of sp³-hybridized carbons (Fsp3) is 0.208. The number of amides is 1. The van der Waals surface area contributed by atoms with Crippen molar-refractivity contribution < 1.29 is 27.1 Å². The Morgan fingerprint density at radius 2 is 1.71 bits per heavy atom. The topological polar surface area (TPSA) is 84.9 Å². The number of ether oxygens (including phenoxy) is 2. The molecule has 34 heavy (non-hydrogen) atoms. The Morgan fingerprint density at radius 1 is 1.00 bits per heavy atom. The zero-order valence-corrected chi connectivity index (χ0v) is 20.4. The largest absolute Gasteiger partial charge is 0.493 e. The molecule has 0 spiro atoms. The lowest BCUT2D eigenvalue weighted by atomic mass is 10.0. The summed E-state index contributed by atoms with van der Waals surface area (Å²) in [5.74, 6) is -0.401. The molecule has 3 rings (SSSR count). The Morgan fingerprint density at radius 3 is 2.35 bits per heavy atom. The van der Waals surface area contributed by atoms with E-state index < -0.39 is 28.3 Å². The van der Waals surface area contributed by atoms with Crippen LogP contribution in [-0.2, 0) is 21.2 Å². The number of benzene rings is 3. The summed E-state index contributed by atoms with van der Waals surface area (Å²) in [6.45, 7) is -0.501. The number of hydrogen-bond acceptors (Lipinski definition) is 5. The van der Waals surface area contributed by atoms with E-state index in [-0.39, 0.29) is 22.8 Å². The van der Waals surface area contributed by atoms with E-state index in [1.165, 1.54) is 57.7 Å². The van der Waals surface area contributed by atoms with Gasteiger partial charge in [0.1, 0.15) is 12.4 Å². The molecule has 0 radical (unpaired) electrons. The maximum Gasteiger partial charge on any atom is 0.264 e. The van der Waals surface area contributed by atoms with Crippen molar-refractivity contribution in [2.75, 3.05) is 32.1 Å². The lowest BCUT2D eigenvalue weighted by Crippen LogP contribution is -2.40. The second-order valence-corrected chi connectivity index (χ2v) is 9.54. The van der Waals surface area contributed by atoms with Gasteiger partial charge < -0.3 is 14.8 Å². The van der Waals surface area contributed by atoms with Crippen molar-refractivity contribution in [3.8, 4) is 11.5 Å². The molecule has 3 aromatic carbocycles. The van der Waals surface area contributed by atoms with E-state index in [1.807, 2.05) is 0 Å². The quantitative estimate of drug-likeness (QED) is 0.473. The van der Waals surface area contributed by atoms with Crippen LogP contribution in [0.25, 0.3) is 0 Å². The fourth-order valence-corrected chi connectivity index (χ4v) is 5.07. The van der Waals surface area contributed by atoms with Crippen LogP contribution in [0, 0.1) is 5.82 Å². The molecule has 0 saturated carbocycles. The predicted molar refractivity (Wildman–Crippen MR) is 129 cm³/mol. The van der Waals surface area contributed by atoms with Crippen molar-refractivity contribution in [2.24, 2.45) is 0 Å². The third-order valence-corrected chi connectivity index (χ3v) is 7.15. The maximum absolute atomic E-state index is 14.4. The molecule has 3 aromatic rings. The molecule has 0 saturated heterocycles. The number of likely N-dealkylation sites (N-methyl/N-ethyl adjacent to an activating group) is 1. The molecule has 0 bridgehead atoms. The van der Waals surface area contributed by atoms with E-state index in [9.17, 15) is 17.6 Å². The van der Waals surface area contributed by atoms with E-state index in [4.69, 9.17) is 21.1 Å². The van der Waals surface area contributed by atoms with Crippen molar-refractivity contribution in [3.05, 3.63) is 82.6 Å². The van der Waals surface area contributed by atoms with Gasteiger partial charge in [-0.3, -0.25) is 9.10 Å². The van der Waals surface area contributed by atoms with Crippen molar-refractivity contribution in [2.45, 2.75) is 11.3 Å². The first-order valence-corrected chi connectivity index (χ1v) is 12.0. The lowest BCUT2D eigenvalue weighted by Gasteiger charge is -2.26. The third-order valence-electron chi connectivity index (χ3n) is 5.16. The number of anilines is 1. The number of nitrogens with zero attached hydrogens (tertiary/aromatic N) is 1. The lowest BCUT2D eigenvalue weighted by molar-refractivity contribution is -0.119. The van der Waals surface area contributed by atoms with Crippen molar-refractivity contribution in [1.29, 1.82) is 0 Å². The van der Waals surface area contributed by atoms with Gasteiger partial charge in [-0.2, -0.15) is 0 Å². The summed E-state index contributed by atoms with van der Waals surface area (Å²) < 4.78 is 53.3. The van der Waals surface area contributed by atoms with E-state index in [1.54, 1.807) is 24.3 Å². The first kappa shape index (κ1) is 25.3. The second-order valence-electron chi connectivity index (χ2n) is 7.24. The summed E-state index contributed by atoms with van der Waals surface area (Å²) in [6, 6.07) is 14.9. The summed E-state index contributed by atoms with van der Waals surface area (Å²) >= 11 is 6.19. The first-order valence-electron chi connectivity index (χ1n) is 10.2. The summed E-state index contributed by atoms with van der Waals surface area (Å²) in [7, 11) is -0.0179. The number of halogens is 2. The number of carbonyl (C=O) groups is 1. The summed E-state index contributed by atoms with van der Waals surface area (Å²) in [5, 5.41) is 2.79. The summed E-state index contributed by atoms with van der Waals surface area (Å²) in [4.78, 5) is 12.2. The molecule has 7 nitrogen and oxygen atoms in total. The van der Waals surface area contributed by atoms with Crippen LogP contribution in [0.5, 0.6) is 11.5 Å². The molecule has 0 atom stereocenters. The molecule has 0 aliphatic rings. The number of nitrogens with one attached hydrogen (secondary N) is 1. The minimum atomic E-state index is -4.25. The number of methoxy groups -OCH3 is 2. The van der Waals surface area contributed by atoms with Gasteiger partial charge in [0.25, 0.3) is 10.0 Å². The van der Waals surface area contributed by atoms with Gasteiger partial charge in [0.2, 0.25) is 5.91 Å². The Bertz CT molecular complexity index is 1300. The maximum atomic E-state index is 14.4. The van der Waals surface area contributed by atoms with Crippen molar-refractivity contribution in [3.63, 3.8) is 0 Å². The SMILES string of the molecule is CNC(=O)CN(c1ccc(Cl)cc1Cc1ccccc1F)S(=O)(=O)c1ccc(OC)c(OC)c1. The van der Waals surface area contributed by atoms with Gasteiger partial charge in [0.05, 0.1) is 24.8 Å². The second kappa shape index (κ2) is 10.8. The molecule has 180 valence electrons. The van der Waals surface area contributed by atoms with Gasteiger partial charge in [-0.25, -0.2) is 12.8 Å². The molecular formula is C24H24ClFN2O5S. The zero-order chi connectivity index (χ0) is 24.9. The van der Waals surface area contributed by atoms with E-state index in [0.29, 0.717) is 21.9 Å².